The zero-order valence-electron chi connectivity index (χ0n) is 13.3. The molecular weight excluding hydrogens is 288 g/mol. The van der Waals surface area contributed by atoms with Crippen LogP contribution in [0, 0.1) is 70.5 Å². The lowest BCUT2D eigenvalue weighted by molar-refractivity contribution is -0.206. The van der Waals surface area contributed by atoms with E-state index in [4.69, 9.17) is 4.74 Å². The zero-order chi connectivity index (χ0) is 14.8. The number of carbonyl (C=O) groups is 1. The second-order valence-corrected chi connectivity index (χ2v) is 10.4. The first-order valence-electron chi connectivity index (χ1n) is 10.1. The van der Waals surface area contributed by atoms with Gasteiger partial charge in [-0.2, -0.15) is 0 Å². The second kappa shape index (κ2) is 3.19. The number of carbonyl (C=O) groups excluding carboxylic acids is 1. The Bertz CT molecular complexity index is 661. The Morgan fingerprint density at radius 3 is 2.52 bits per heavy atom. The molecule has 9 aliphatic rings. The van der Waals surface area contributed by atoms with Gasteiger partial charge in [0, 0.05) is 0 Å². The first-order chi connectivity index (χ1) is 11.3. The predicted molar refractivity (Wildman–Crippen MR) is 80.0 cm³/mol. The van der Waals surface area contributed by atoms with Crippen LogP contribution in [0.4, 0.5) is 0 Å². The molecule has 1 aliphatic heterocycles. The van der Waals surface area contributed by atoms with Gasteiger partial charge in [0.05, 0.1) is 23.7 Å². The van der Waals surface area contributed by atoms with E-state index in [1.54, 1.807) is 0 Å². The zero-order valence-corrected chi connectivity index (χ0v) is 13.3. The van der Waals surface area contributed by atoms with E-state index >= 15 is 0 Å². The van der Waals surface area contributed by atoms with Gasteiger partial charge in [0.1, 0.15) is 6.29 Å². The second-order valence-electron chi connectivity index (χ2n) is 10.4. The van der Waals surface area contributed by atoms with Crippen molar-refractivity contribution in [1.29, 1.82) is 0 Å². The van der Waals surface area contributed by atoms with E-state index in [0.29, 0.717) is 35.7 Å². The Balaban J connectivity index is 1.45. The number of fused-ring (bicyclic) bond motifs is 1. The number of ether oxygens (including phenoxy) is 1. The molecule has 0 aromatic carbocycles. The first-order valence-corrected chi connectivity index (χ1v) is 10.1. The summed E-state index contributed by atoms with van der Waals surface area (Å²) < 4.78 is 6.75. The molecule has 122 valence electrons. The first kappa shape index (κ1) is 12.0. The molecule has 3 heteroatoms. The largest absolute Gasteiger partial charge is 0.393 e. The third kappa shape index (κ3) is 0.852. The average molecular weight is 312 g/mol. The molecule has 8 saturated carbocycles. The molecule has 15 atom stereocenters. The fourth-order valence-electron chi connectivity index (χ4n) is 11.3. The lowest BCUT2D eigenvalue weighted by Crippen LogP contribution is -2.59. The van der Waals surface area contributed by atoms with E-state index in [9.17, 15) is 9.90 Å². The van der Waals surface area contributed by atoms with Crippen LogP contribution < -0.4 is 0 Å². The maximum atomic E-state index is 12.7. The molecule has 0 amide bonds. The average Bonchev–Trinajstić information content (AvgIpc) is 3.27. The summed E-state index contributed by atoms with van der Waals surface area (Å²) in [5, 5.41) is 10.7. The maximum absolute atomic E-state index is 12.7. The Morgan fingerprint density at radius 1 is 0.826 bits per heavy atom. The Hall–Kier alpha value is -0.410. The molecule has 0 aromatic rings. The molecule has 9 bridgehead atoms. The molecule has 1 heterocycles. The van der Waals surface area contributed by atoms with Crippen molar-refractivity contribution in [2.45, 2.75) is 44.0 Å². The topological polar surface area (TPSA) is 46.5 Å². The standard InChI is InChI=1S/C20H24O3/c21-5-20-17-7-2-4-9-11(7)13-15(17)14-12(16(13)19(20)23-9)6-1-3-8(22)10(6)18(14)20/h5-19,22H,1-4H2/t6-,7+,8-,9+,10+,11+,12-,13-,14+,15-,16-,17+,18-,19+,20+/m1/s1. The molecule has 0 unspecified atom stereocenters. The van der Waals surface area contributed by atoms with Crippen molar-refractivity contribution in [2.75, 3.05) is 0 Å². The van der Waals surface area contributed by atoms with Crippen molar-refractivity contribution in [3.05, 3.63) is 0 Å². The third-order valence-electron chi connectivity index (χ3n) is 10.8. The smallest absolute Gasteiger partial charge is 0.129 e. The minimum atomic E-state index is -0.202. The summed E-state index contributed by atoms with van der Waals surface area (Å²) in [7, 11) is 0. The van der Waals surface area contributed by atoms with Crippen molar-refractivity contribution in [1.82, 2.24) is 0 Å². The number of hydrogen-bond acceptors (Lipinski definition) is 3. The van der Waals surface area contributed by atoms with E-state index in [0.717, 1.165) is 41.9 Å². The van der Waals surface area contributed by atoms with Gasteiger partial charge in [0.25, 0.3) is 0 Å². The number of aliphatic hydroxyl groups is 1. The van der Waals surface area contributed by atoms with E-state index in [1.165, 1.54) is 25.5 Å². The molecule has 0 radical (unpaired) electrons. The number of rotatable bonds is 1. The van der Waals surface area contributed by atoms with Crippen LogP contribution in [0.2, 0.25) is 0 Å². The Morgan fingerprint density at radius 2 is 1.65 bits per heavy atom. The molecule has 3 nitrogen and oxygen atoms in total. The van der Waals surface area contributed by atoms with Crippen molar-refractivity contribution < 1.29 is 14.6 Å². The highest BCUT2D eigenvalue weighted by Gasteiger charge is 2.90. The van der Waals surface area contributed by atoms with Gasteiger partial charge >= 0.3 is 0 Å². The SMILES string of the molecule is O=C[C@@]12[C@H]3[C@H]4[C@@H]([C@@H]5CC[C@@H](O)[C@H]53)[C@@H]3[C@H]5[C@H]4[C@@H]1[C@H]1CC[C@H](O[C@@H]32)[C@H]15. The van der Waals surface area contributed by atoms with E-state index in [2.05, 4.69) is 0 Å². The van der Waals surface area contributed by atoms with Crippen LogP contribution >= 0.6 is 0 Å². The summed E-state index contributed by atoms with van der Waals surface area (Å²) in [6.45, 7) is 0. The number of aldehydes is 1. The van der Waals surface area contributed by atoms with E-state index in [-0.39, 0.29) is 17.6 Å². The van der Waals surface area contributed by atoms with Crippen molar-refractivity contribution in [3.63, 3.8) is 0 Å². The maximum Gasteiger partial charge on any atom is 0.129 e. The van der Waals surface area contributed by atoms with Crippen LogP contribution in [0.3, 0.4) is 0 Å². The lowest BCUT2D eigenvalue weighted by Gasteiger charge is -2.54. The molecule has 1 saturated heterocycles. The van der Waals surface area contributed by atoms with Gasteiger partial charge in [-0.15, -0.1) is 0 Å². The lowest BCUT2D eigenvalue weighted by atomic mass is 9.55. The van der Waals surface area contributed by atoms with Crippen molar-refractivity contribution in [2.24, 2.45) is 70.5 Å². The van der Waals surface area contributed by atoms with Crippen LogP contribution in [-0.2, 0) is 9.53 Å². The van der Waals surface area contributed by atoms with Gasteiger partial charge < -0.3 is 14.6 Å². The highest BCUT2D eigenvalue weighted by molar-refractivity contribution is 5.67. The van der Waals surface area contributed by atoms with Gasteiger partial charge in [-0.05, 0) is 90.8 Å². The monoisotopic (exact) mass is 312 g/mol. The molecular formula is C20H24O3. The molecule has 1 N–H and O–H groups in total. The highest BCUT2D eigenvalue weighted by Crippen LogP contribution is 2.89. The van der Waals surface area contributed by atoms with Crippen molar-refractivity contribution in [3.8, 4) is 0 Å². The van der Waals surface area contributed by atoms with E-state index < -0.39 is 0 Å². The Kier molecular flexibility index (Phi) is 1.67. The summed E-state index contributed by atoms with van der Waals surface area (Å²) in [6, 6.07) is 0. The number of hydrogen-bond donors (Lipinski definition) is 1. The van der Waals surface area contributed by atoms with Gasteiger partial charge in [0.2, 0.25) is 0 Å². The fraction of sp³-hybridized carbons (Fsp3) is 0.950. The van der Waals surface area contributed by atoms with Gasteiger partial charge in [-0.1, -0.05) is 0 Å². The minimum absolute atomic E-state index is 0.139. The molecule has 23 heavy (non-hydrogen) atoms. The molecule has 0 aromatic heterocycles. The van der Waals surface area contributed by atoms with Crippen LogP contribution in [-0.4, -0.2) is 29.7 Å². The summed E-state index contributed by atoms with van der Waals surface area (Å²) in [5.41, 5.74) is -0.202. The summed E-state index contributed by atoms with van der Waals surface area (Å²) in [6.07, 6.45) is 6.70. The van der Waals surface area contributed by atoms with Crippen LogP contribution in [0.5, 0.6) is 0 Å². The van der Waals surface area contributed by atoms with Gasteiger partial charge in [-0.25, -0.2) is 0 Å². The van der Waals surface area contributed by atoms with Crippen LogP contribution in [0.25, 0.3) is 0 Å². The normalized spacial score (nSPS) is 79.9. The van der Waals surface area contributed by atoms with Gasteiger partial charge in [0.15, 0.2) is 0 Å². The van der Waals surface area contributed by atoms with Crippen molar-refractivity contribution >= 4 is 6.29 Å². The van der Waals surface area contributed by atoms with Gasteiger partial charge in [-0.3, -0.25) is 0 Å². The minimum Gasteiger partial charge on any atom is -0.393 e. The predicted octanol–water partition coefficient (Wildman–Crippen LogP) is 1.73. The van der Waals surface area contributed by atoms with E-state index in [1.807, 2.05) is 0 Å². The summed E-state index contributed by atoms with van der Waals surface area (Å²) >= 11 is 0. The number of aliphatic hydroxyl groups excluding tert-OH is 1. The van der Waals surface area contributed by atoms with Crippen LogP contribution in [0.1, 0.15) is 25.7 Å². The Labute approximate surface area is 136 Å². The highest BCUT2D eigenvalue weighted by atomic mass is 16.5. The molecule has 9 fully saturated rings. The fourth-order valence-corrected chi connectivity index (χ4v) is 11.3. The molecule has 8 aliphatic carbocycles. The summed E-state index contributed by atoms with van der Waals surface area (Å²) in [5.74, 6) is 7.76. The third-order valence-corrected chi connectivity index (χ3v) is 10.8. The summed E-state index contributed by atoms with van der Waals surface area (Å²) in [4.78, 5) is 12.7. The molecule has 0 spiro atoms. The molecule has 9 rings (SSSR count). The van der Waals surface area contributed by atoms with Crippen LogP contribution in [0.15, 0.2) is 0 Å². The quantitative estimate of drug-likeness (QED) is 0.750.